The van der Waals surface area contributed by atoms with Crippen LogP contribution >= 0.6 is 28.4 Å². The first-order valence-electron chi connectivity index (χ1n) is 5.46. The smallest absolute Gasteiger partial charge is 0.115 e. The predicted octanol–water partition coefficient (Wildman–Crippen LogP) is 3.32. The van der Waals surface area contributed by atoms with Crippen LogP contribution in [-0.4, -0.2) is 24.5 Å². The molecule has 0 fully saturated rings. The van der Waals surface area contributed by atoms with Crippen molar-refractivity contribution in [2.75, 3.05) is 0 Å². The van der Waals surface area contributed by atoms with E-state index in [2.05, 4.69) is 48.7 Å². The van der Waals surface area contributed by atoms with Crippen molar-refractivity contribution in [1.29, 1.82) is 0 Å². The van der Waals surface area contributed by atoms with Crippen LogP contribution in [0, 0.1) is 0 Å². The first-order valence-corrected chi connectivity index (χ1v) is 9.53. The summed E-state index contributed by atoms with van der Waals surface area (Å²) in [6.45, 7) is 3.81. The number of fused-ring (bicyclic) bond motifs is 1. The van der Waals surface area contributed by atoms with Gasteiger partial charge in [-0.2, -0.15) is 5.10 Å². The molecule has 0 amide bonds. The van der Waals surface area contributed by atoms with Crippen molar-refractivity contribution in [3.05, 3.63) is 43.3 Å². The maximum Gasteiger partial charge on any atom is 0.115 e. The minimum absolute atomic E-state index is 0.534. The van der Waals surface area contributed by atoms with Crippen molar-refractivity contribution in [1.82, 2.24) is 24.5 Å². The van der Waals surface area contributed by atoms with Crippen LogP contribution in [-0.2, 0) is 0 Å². The van der Waals surface area contributed by atoms with Crippen molar-refractivity contribution in [3.8, 4) is 11.3 Å². The van der Waals surface area contributed by atoms with E-state index >= 15 is 0 Å². The fourth-order valence-corrected chi connectivity index (χ4v) is 3.36. The van der Waals surface area contributed by atoms with E-state index in [1.807, 2.05) is 16.7 Å². The van der Waals surface area contributed by atoms with Crippen LogP contribution < -0.4 is 0 Å². The number of hydrogen-bond acceptors (Lipinski definition) is 4. The van der Waals surface area contributed by atoms with Gasteiger partial charge >= 0.3 is 0 Å². The Hall–Kier alpha value is -1.40. The first kappa shape index (κ1) is 12.6. The third kappa shape index (κ3) is 2.26. The van der Waals surface area contributed by atoms with Gasteiger partial charge in [0.25, 0.3) is 0 Å². The Morgan fingerprint density at radius 2 is 2.05 bits per heavy atom. The summed E-state index contributed by atoms with van der Waals surface area (Å²) in [5.74, 6) is 0. The lowest BCUT2D eigenvalue weighted by Gasteiger charge is -2.00. The van der Waals surface area contributed by atoms with Gasteiger partial charge in [-0.05, 0) is 34.2 Å². The lowest BCUT2D eigenvalue weighted by Crippen LogP contribution is -1.87. The fourth-order valence-electron chi connectivity index (χ4n) is 1.84. The minimum atomic E-state index is 0.534. The molecule has 0 radical (unpaired) electrons. The molecule has 3 heterocycles. The van der Waals surface area contributed by atoms with E-state index in [0.717, 1.165) is 27.9 Å². The van der Waals surface area contributed by atoms with Gasteiger partial charge < -0.3 is 0 Å². The molecular formula is C12H9IN5P. The fraction of sp³-hybridized carbons (Fsp3) is 0. The Bertz CT molecular complexity index is 740. The summed E-state index contributed by atoms with van der Waals surface area (Å²) in [7, 11) is 0. The summed E-state index contributed by atoms with van der Waals surface area (Å²) in [6.07, 6.45) is 9.14. The van der Waals surface area contributed by atoms with E-state index in [4.69, 9.17) is 0 Å². The quantitative estimate of drug-likeness (QED) is 0.516. The van der Waals surface area contributed by atoms with Gasteiger partial charge in [-0.15, -0.1) is 0 Å². The predicted molar refractivity (Wildman–Crippen MR) is 86.4 cm³/mol. The largest absolute Gasteiger partial charge is 0.254 e. The molecule has 94 valence electrons. The van der Waals surface area contributed by atoms with E-state index in [1.165, 1.54) is 6.33 Å². The maximum absolute atomic E-state index is 4.49. The van der Waals surface area contributed by atoms with Crippen molar-refractivity contribution in [2.45, 2.75) is 0 Å². The Morgan fingerprint density at radius 1 is 1.26 bits per heavy atom. The number of aromatic nitrogens is 5. The van der Waals surface area contributed by atoms with E-state index in [0.29, 0.717) is 6.37 Å². The molecule has 0 saturated carbocycles. The summed E-state index contributed by atoms with van der Waals surface area (Å²) in [5, 5.41) is 5.54. The van der Waals surface area contributed by atoms with E-state index in [9.17, 15) is 0 Å². The zero-order chi connectivity index (χ0) is 13.2. The molecule has 0 aliphatic heterocycles. The third-order valence-corrected chi connectivity index (χ3v) is 4.60. The summed E-state index contributed by atoms with van der Waals surface area (Å²) in [5.41, 5.74) is 3.62. The van der Waals surface area contributed by atoms with Gasteiger partial charge in [0.15, 0.2) is 0 Å². The second kappa shape index (κ2) is 5.30. The highest BCUT2D eigenvalue weighted by Gasteiger charge is 2.10. The van der Waals surface area contributed by atoms with Crippen LogP contribution in [0.2, 0.25) is 0 Å². The maximum atomic E-state index is 4.49. The second-order valence-corrected chi connectivity index (χ2v) is 5.84. The summed E-state index contributed by atoms with van der Waals surface area (Å²) >= 11 is 2.30. The Morgan fingerprint density at radius 3 is 2.74 bits per heavy atom. The van der Waals surface area contributed by atoms with Crippen LogP contribution in [0.25, 0.3) is 28.2 Å². The van der Waals surface area contributed by atoms with Crippen LogP contribution in [0.4, 0.5) is 0 Å². The number of nitrogens with zero attached hydrogens (tertiary/aromatic N) is 5. The lowest BCUT2D eigenvalue weighted by molar-refractivity contribution is 1.03. The van der Waals surface area contributed by atoms with E-state index in [-0.39, 0.29) is 0 Å². The molecule has 0 spiro atoms. The van der Waals surface area contributed by atoms with E-state index < -0.39 is 0 Å². The molecule has 1 unspecified atom stereocenters. The van der Waals surface area contributed by atoms with Gasteiger partial charge in [0.05, 0.1) is 29.5 Å². The highest BCUT2D eigenvalue weighted by molar-refractivity contribution is 14.2. The summed E-state index contributed by atoms with van der Waals surface area (Å²) < 4.78 is 1.94. The zero-order valence-electron chi connectivity index (χ0n) is 9.79. The van der Waals surface area contributed by atoms with Crippen LogP contribution in [0.5, 0.6) is 0 Å². The molecule has 3 aromatic rings. The Labute approximate surface area is 124 Å². The number of rotatable bonds is 3. The normalized spacial score (nSPS) is 11.4. The number of halogens is 1. The molecule has 19 heavy (non-hydrogen) atoms. The topological polar surface area (TPSA) is 56.5 Å². The molecule has 3 aromatic heterocycles. The molecule has 3 rings (SSSR count). The molecule has 7 heteroatoms. The van der Waals surface area contributed by atoms with Gasteiger partial charge in [-0.1, -0.05) is 6.58 Å². The van der Waals surface area contributed by atoms with Crippen molar-refractivity contribution in [3.63, 3.8) is 0 Å². The van der Waals surface area contributed by atoms with Crippen LogP contribution in [0.1, 0.15) is 5.69 Å². The SMILES string of the molecule is C=Cc1nn(PI)c2cnc(-c3cncnc3)cc12. The van der Waals surface area contributed by atoms with Gasteiger partial charge in [-0.25, -0.2) is 14.4 Å². The molecule has 5 nitrogen and oxygen atoms in total. The van der Waals surface area contributed by atoms with Crippen LogP contribution in [0.15, 0.2) is 37.6 Å². The number of pyridine rings is 1. The molecular weight excluding hydrogens is 372 g/mol. The second-order valence-electron chi connectivity index (χ2n) is 3.80. The summed E-state index contributed by atoms with van der Waals surface area (Å²) in [6, 6.07) is 2.01. The van der Waals surface area contributed by atoms with Crippen molar-refractivity contribution in [2.24, 2.45) is 0 Å². The average molecular weight is 381 g/mol. The molecule has 0 aliphatic rings. The monoisotopic (exact) mass is 381 g/mol. The minimum Gasteiger partial charge on any atom is -0.254 e. The molecule has 0 saturated heterocycles. The highest BCUT2D eigenvalue weighted by Crippen LogP contribution is 2.31. The summed E-state index contributed by atoms with van der Waals surface area (Å²) in [4.78, 5) is 12.5. The third-order valence-electron chi connectivity index (χ3n) is 2.72. The van der Waals surface area contributed by atoms with E-state index in [1.54, 1.807) is 18.5 Å². The standard InChI is InChI=1S/C12H9IN5P/c1-2-10-9-3-11(8-4-14-7-15-5-8)16-6-12(9)18(17-10)19-13/h2-7,19H,1H2. The Balaban J connectivity index is 2.23. The van der Waals surface area contributed by atoms with Crippen molar-refractivity contribution < 1.29 is 0 Å². The average Bonchev–Trinajstić information content (AvgIpc) is 2.85. The number of hydrogen-bond donors (Lipinski definition) is 0. The first-order chi connectivity index (χ1) is 9.33. The zero-order valence-corrected chi connectivity index (χ0v) is 12.9. The van der Waals surface area contributed by atoms with Gasteiger partial charge in [-0.3, -0.25) is 4.98 Å². The molecule has 0 aromatic carbocycles. The molecule has 1 atom stereocenters. The van der Waals surface area contributed by atoms with Crippen LogP contribution in [0.3, 0.4) is 0 Å². The molecule has 0 bridgehead atoms. The lowest BCUT2D eigenvalue weighted by atomic mass is 10.1. The Kier molecular flexibility index (Phi) is 3.52. The van der Waals surface area contributed by atoms with Gasteiger partial charge in [0.2, 0.25) is 0 Å². The van der Waals surface area contributed by atoms with Gasteiger partial charge in [0, 0.05) is 23.3 Å². The van der Waals surface area contributed by atoms with Gasteiger partial charge in [0.1, 0.15) is 6.33 Å². The highest BCUT2D eigenvalue weighted by atomic mass is 127. The molecule has 0 N–H and O–H groups in total. The van der Waals surface area contributed by atoms with Crippen molar-refractivity contribution >= 4 is 45.4 Å². The molecule has 0 aliphatic carbocycles.